The standard InChI is InChI=1S/C14H22FN3O2/c1-3-6-14(2,19)9-17-8-10-4-5-11(15)7-12(10)13(16)18-20/h4-5,7,17,19-20H,3,6,8-9H2,1-2H3,(H2,16,18). The third kappa shape index (κ3) is 4.79. The fraction of sp³-hybridized carbons (Fsp3) is 0.500. The predicted octanol–water partition coefficient (Wildman–Crippen LogP) is 1.56. The van der Waals surface area contributed by atoms with Crippen molar-refractivity contribution in [2.75, 3.05) is 6.54 Å². The van der Waals surface area contributed by atoms with Gasteiger partial charge in [0.05, 0.1) is 5.60 Å². The summed E-state index contributed by atoms with van der Waals surface area (Å²) in [6.45, 7) is 4.57. The molecule has 0 spiro atoms. The number of halogens is 1. The van der Waals surface area contributed by atoms with Crippen molar-refractivity contribution in [3.63, 3.8) is 0 Å². The molecule has 0 aliphatic rings. The highest BCUT2D eigenvalue weighted by atomic mass is 19.1. The molecule has 6 heteroatoms. The summed E-state index contributed by atoms with van der Waals surface area (Å²) in [5.41, 5.74) is 5.78. The molecular formula is C14H22FN3O2. The molecule has 0 aliphatic heterocycles. The average Bonchev–Trinajstić information content (AvgIpc) is 2.39. The Bertz CT molecular complexity index is 475. The molecule has 0 aromatic heterocycles. The van der Waals surface area contributed by atoms with Crippen LogP contribution in [0.1, 0.15) is 37.8 Å². The van der Waals surface area contributed by atoms with E-state index in [-0.39, 0.29) is 5.84 Å². The first-order valence-electron chi connectivity index (χ1n) is 6.59. The first-order chi connectivity index (χ1) is 9.39. The summed E-state index contributed by atoms with van der Waals surface area (Å²) in [5.74, 6) is -0.588. The number of nitrogens with one attached hydrogen (secondary N) is 1. The molecule has 1 aromatic rings. The van der Waals surface area contributed by atoms with Crippen molar-refractivity contribution in [3.05, 3.63) is 35.1 Å². The molecule has 112 valence electrons. The summed E-state index contributed by atoms with van der Waals surface area (Å²) in [4.78, 5) is 0. The van der Waals surface area contributed by atoms with Crippen LogP contribution in [0.3, 0.4) is 0 Å². The Morgan fingerprint density at radius 2 is 2.20 bits per heavy atom. The van der Waals surface area contributed by atoms with Crippen molar-refractivity contribution < 1.29 is 14.7 Å². The Morgan fingerprint density at radius 1 is 1.50 bits per heavy atom. The predicted molar refractivity (Wildman–Crippen MR) is 76.1 cm³/mol. The molecule has 0 amide bonds. The van der Waals surface area contributed by atoms with Crippen molar-refractivity contribution in [1.82, 2.24) is 5.32 Å². The molecule has 0 aliphatic carbocycles. The minimum atomic E-state index is -0.786. The summed E-state index contributed by atoms with van der Waals surface area (Å²) in [7, 11) is 0. The fourth-order valence-electron chi connectivity index (χ4n) is 2.09. The van der Waals surface area contributed by atoms with Crippen molar-refractivity contribution >= 4 is 5.84 Å². The fourth-order valence-corrected chi connectivity index (χ4v) is 2.09. The number of nitrogens with two attached hydrogens (primary N) is 1. The highest BCUT2D eigenvalue weighted by molar-refractivity contribution is 5.98. The van der Waals surface area contributed by atoms with E-state index in [2.05, 4.69) is 10.5 Å². The molecular weight excluding hydrogens is 261 g/mol. The van der Waals surface area contributed by atoms with Gasteiger partial charge in [0.2, 0.25) is 0 Å². The van der Waals surface area contributed by atoms with Gasteiger partial charge < -0.3 is 21.4 Å². The van der Waals surface area contributed by atoms with Crippen molar-refractivity contribution in [2.45, 2.75) is 38.8 Å². The van der Waals surface area contributed by atoms with Gasteiger partial charge in [-0.15, -0.1) is 0 Å². The SMILES string of the molecule is CCCC(C)(O)CNCc1ccc(F)cc1/C(N)=N/O. The third-order valence-corrected chi connectivity index (χ3v) is 3.07. The van der Waals surface area contributed by atoms with Crippen LogP contribution >= 0.6 is 0 Å². The van der Waals surface area contributed by atoms with Gasteiger partial charge in [-0.25, -0.2) is 4.39 Å². The zero-order chi connectivity index (χ0) is 15.2. The van der Waals surface area contributed by atoms with Crippen molar-refractivity contribution in [1.29, 1.82) is 0 Å². The molecule has 1 unspecified atom stereocenters. The normalized spacial score (nSPS) is 15.1. The number of hydrogen-bond acceptors (Lipinski definition) is 4. The Balaban J connectivity index is 2.73. The number of benzene rings is 1. The quantitative estimate of drug-likeness (QED) is 0.264. The van der Waals surface area contributed by atoms with Crippen LogP contribution in [0.15, 0.2) is 23.4 Å². The molecule has 0 saturated heterocycles. The zero-order valence-electron chi connectivity index (χ0n) is 11.9. The van der Waals surface area contributed by atoms with Crippen LogP contribution in [0.5, 0.6) is 0 Å². The number of amidine groups is 1. The Morgan fingerprint density at radius 3 is 2.80 bits per heavy atom. The van der Waals surface area contributed by atoms with Gasteiger partial charge in [-0.3, -0.25) is 0 Å². The maximum Gasteiger partial charge on any atom is 0.170 e. The van der Waals surface area contributed by atoms with E-state index >= 15 is 0 Å². The van der Waals surface area contributed by atoms with Gasteiger partial charge in [-0.1, -0.05) is 24.6 Å². The highest BCUT2D eigenvalue weighted by Gasteiger charge is 2.18. The molecule has 0 bridgehead atoms. The molecule has 0 heterocycles. The molecule has 5 nitrogen and oxygen atoms in total. The van der Waals surface area contributed by atoms with Crippen LogP contribution in [0, 0.1) is 5.82 Å². The maximum atomic E-state index is 13.2. The van der Waals surface area contributed by atoms with E-state index in [0.29, 0.717) is 30.6 Å². The van der Waals surface area contributed by atoms with Gasteiger partial charge in [-0.05, 0) is 31.0 Å². The molecule has 1 atom stereocenters. The summed E-state index contributed by atoms with van der Waals surface area (Å²) in [6, 6.07) is 4.11. The molecule has 0 saturated carbocycles. The van der Waals surface area contributed by atoms with Crippen LogP contribution in [0.4, 0.5) is 4.39 Å². The number of rotatable bonds is 7. The Labute approximate surface area is 118 Å². The molecule has 0 radical (unpaired) electrons. The number of nitrogens with zero attached hydrogens (tertiary/aromatic N) is 1. The minimum Gasteiger partial charge on any atom is -0.409 e. The van der Waals surface area contributed by atoms with Gasteiger partial charge in [0.25, 0.3) is 0 Å². The number of oxime groups is 1. The largest absolute Gasteiger partial charge is 0.409 e. The lowest BCUT2D eigenvalue weighted by Gasteiger charge is -2.23. The smallest absolute Gasteiger partial charge is 0.170 e. The monoisotopic (exact) mass is 283 g/mol. The Kier molecular flexibility index (Phi) is 5.91. The lowest BCUT2D eigenvalue weighted by atomic mass is 10.0. The van der Waals surface area contributed by atoms with Gasteiger partial charge in [0, 0.05) is 18.7 Å². The van der Waals surface area contributed by atoms with Crippen LogP contribution in [-0.4, -0.2) is 28.3 Å². The van der Waals surface area contributed by atoms with Gasteiger partial charge in [-0.2, -0.15) is 0 Å². The molecule has 0 fully saturated rings. The molecule has 1 rings (SSSR count). The first-order valence-corrected chi connectivity index (χ1v) is 6.59. The van der Waals surface area contributed by atoms with Crippen LogP contribution in [0.2, 0.25) is 0 Å². The summed E-state index contributed by atoms with van der Waals surface area (Å²) in [6.07, 6.45) is 1.58. The van der Waals surface area contributed by atoms with E-state index in [4.69, 9.17) is 10.9 Å². The second-order valence-corrected chi connectivity index (χ2v) is 5.14. The van der Waals surface area contributed by atoms with E-state index in [9.17, 15) is 9.50 Å². The van der Waals surface area contributed by atoms with E-state index in [0.717, 1.165) is 6.42 Å². The second-order valence-electron chi connectivity index (χ2n) is 5.14. The third-order valence-electron chi connectivity index (χ3n) is 3.07. The zero-order valence-corrected chi connectivity index (χ0v) is 11.9. The van der Waals surface area contributed by atoms with Crippen LogP contribution < -0.4 is 11.1 Å². The highest BCUT2D eigenvalue weighted by Crippen LogP contribution is 2.13. The maximum absolute atomic E-state index is 13.2. The molecule has 20 heavy (non-hydrogen) atoms. The van der Waals surface area contributed by atoms with Crippen LogP contribution in [0.25, 0.3) is 0 Å². The molecule has 5 N–H and O–H groups in total. The lowest BCUT2D eigenvalue weighted by molar-refractivity contribution is 0.0498. The van der Waals surface area contributed by atoms with Gasteiger partial charge in [0.1, 0.15) is 5.82 Å². The van der Waals surface area contributed by atoms with Crippen molar-refractivity contribution in [3.8, 4) is 0 Å². The summed E-state index contributed by atoms with van der Waals surface area (Å²) < 4.78 is 13.2. The second kappa shape index (κ2) is 7.21. The van der Waals surface area contributed by atoms with E-state index in [1.165, 1.54) is 12.1 Å². The minimum absolute atomic E-state index is 0.137. The number of aliphatic hydroxyl groups is 1. The lowest BCUT2D eigenvalue weighted by Crippen LogP contribution is -2.37. The van der Waals surface area contributed by atoms with Gasteiger partial charge in [0.15, 0.2) is 5.84 Å². The van der Waals surface area contributed by atoms with Crippen molar-refractivity contribution in [2.24, 2.45) is 10.9 Å². The van der Waals surface area contributed by atoms with Gasteiger partial charge >= 0.3 is 0 Å². The summed E-state index contributed by atoms with van der Waals surface area (Å²) >= 11 is 0. The summed E-state index contributed by atoms with van der Waals surface area (Å²) in [5, 5.41) is 24.8. The first kappa shape index (κ1) is 16.4. The average molecular weight is 283 g/mol. The van der Waals surface area contributed by atoms with E-state index < -0.39 is 11.4 Å². The Hall–Kier alpha value is -1.66. The van der Waals surface area contributed by atoms with E-state index in [1.807, 2.05) is 6.92 Å². The molecule has 1 aromatic carbocycles. The number of hydrogen-bond donors (Lipinski definition) is 4. The van der Waals surface area contributed by atoms with E-state index in [1.54, 1.807) is 13.0 Å². The topological polar surface area (TPSA) is 90.9 Å². The van der Waals surface area contributed by atoms with Crippen LogP contribution in [-0.2, 0) is 6.54 Å².